The number of carbonyl (C=O) groups is 2. The lowest BCUT2D eigenvalue weighted by Gasteiger charge is -2.40. The highest BCUT2D eigenvalue weighted by Crippen LogP contribution is 2.21. The van der Waals surface area contributed by atoms with Gasteiger partial charge < -0.3 is 15.0 Å². The first-order valence-corrected chi connectivity index (χ1v) is 8.80. The fraction of sp³-hybridized carbons (Fsp3) is 0.667. The minimum absolute atomic E-state index is 0.0338. The van der Waals surface area contributed by atoms with Crippen molar-refractivity contribution in [2.75, 3.05) is 6.54 Å². The summed E-state index contributed by atoms with van der Waals surface area (Å²) in [5.41, 5.74) is 0.272. The van der Waals surface area contributed by atoms with Crippen molar-refractivity contribution >= 4 is 12.0 Å². The highest BCUT2D eigenvalue weighted by atomic mass is 16.6. The summed E-state index contributed by atoms with van der Waals surface area (Å²) in [6, 6.07) is -0.153. The molecule has 138 valence electrons. The molecule has 1 fully saturated rings. The molecule has 0 aromatic carbocycles. The van der Waals surface area contributed by atoms with Gasteiger partial charge >= 0.3 is 6.09 Å². The Kier molecular flexibility index (Phi) is 6.33. The molecule has 2 amide bonds. The number of rotatable bonds is 4. The molecule has 1 aromatic heterocycles. The molecule has 1 saturated heterocycles. The van der Waals surface area contributed by atoms with E-state index in [0.29, 0.717) is 19.4 Å². The van der Waals surface area contributed by atoms with Crippen LogP contribution in [0, 0.1) is 0 Å². The van der Waals surface area contributed by atoms with Crippen molar-refractivity contribution in [3.63, 3.8) is 0 Å². The van der Waals surface area contributed by atoms with Gasteiger partial charge in [0.05, 0.1) is 11.7 Å². The summed E-state index contributed by atoms with van der Waals surface area (Å²) < 4.78 is 5.47. The molecule has 25 heavy (non-hydrogen) atoms. The zero-order valence-electron chi connectivity index (χ0n) is 15.5. The zero-order valence-corrected chi connectivity index (χ0v) is 15.5. The summed E-state index contributed by atoms with van der Waals surface area (Å²) >= 11 is 0. The average molecular weight is 348 g/mol. The molecule has 1 aliphatic heterocycles. The zero-order chi connectivity index (χ0) is 18.4. The maximum atomic E-state index is 12.3. The van der Waals surface area contributed by atoms with Crippen molar-refractivity contribution in [3.05, 3.63) is 24.3 Å². The number of likely N-dealkylation sites (tertiary alicyclic amines) is 1. The lowest BCUT2D eigenvalue weighted by Crippen LogP contribution is -2.56. The molecule has 0 aliphatic carbocycles. The van der Waals surface area contributed by atoms with E-state index in [1.165, 1.54) is 0 Å². The van der Waals surface area contributed by atoms with E-state index in [4.69, 9.17) is 4.74 Å². The van der Waals surface area contributed by atoms with Gasteiger partial charge in [0, 0.05) is 37.6 Å². The van der Waals surface area contributed by atoms with Gasteiger partial charge in [0.1, 0.15) is 5.60 Å². The monoisotopic (exact) mass is 348 g/mol. The first-order valence-electron chi connectivity index (χ1n) is 8.80. The second kappa shape index (κ2) is 8.27. The van der Waals surface area contributed by atoms with Crippen molar-refractivity contribution in [2.45, 2.75) is 71.1 Å². The van der Waals surface area contributed by atoms with Crippen molar-refractivity contribution in [2.24, 2.45) is 0 Å². The molecule has 1 N–H and O–H groups in total. The summed E-state index contributed by atoms with van der Waals surface area (Å²) in [4.78, 5) is 34.5. The van der Waals surface area contributed by atoms with E-state index in [-0.39, 0.29) is 24.1 Å². The molecule has 1 aromatic rings. The Bertz CT molecular complexity index is 586. The van der Waals surface area contributed by atoms with Crippen LogP contribution in [0.25, 0.3) is 0 Å². The molecule has 7 heteroatoms. The Morgan fingerprint density at radius 3 is 2.76 bits per heavy atom. The molecule has 2 rings (SSSR count). The van der Waals surface area contributed by atoms with Crippen molar-refractivity contribution < 1.29 is 14.3 Å². The number of ether oxygens (including phenoxy) is 1. The molecule has 0 saturated carbocycles. The van der Waals surface area contributed by atoms with Gasteiger partial charge in [-0.05, 0) is 47.0 Å². The van der Waals surface area contributed by atoms with E-state index in [9.17, 15) is 9.59 Å². The van der Waals surface area contributed by atoms with Crippen LogP contribution in [0.15, 0.2) is 18.6 Å². The number of aryl methyl sites for hydroxylation is 1. The van der Waals surface area contributed by atoms with E-state index >= 15 is 0 Å². The quantitative estimate of drug-likeness (QED) is 0.902. The molecule has 2 heterocycles. The normalized spacial score (nSPS) is 20.9. The molecule has 0 bridgehead atoms. The van der Waals surface area contributed by atoms with E-state index in [0.717, 1.165) is 18.5 Å². The van der Waals surface area contributed by atoms with Gasteiger partial charge in [-0.3, -0.25) is 14.8 Å². The van der Waals surface area contributed by atoms with Crippen LogP contribution in [-0.4, -0.2) is 51.1 Å². The summed E-state index contributed by atoms with van der Waals surface area (Å²) in [5.74, 6) is -0.0338. The third-order valence-corrected chi connectivity index (χ3v) is 4.19. The van der Waals surface area contributed by atoms with Crippen LogP contribution in [0.1, 0.15) is 52.7 Å². The van der Waals surface area contributed by atoms with Crippen LogP contribution in [0.2, 0.25) is 0 Å². The van der Waals surface area contributed by atoms with Crippen molar-refractivity contribution in [1.82, 2.24) is 20.2 Å². The number of aromatic nitrogens is 2. The topological polar surface area (TPSA) is 84.4 Å². The molecule has 0 radical (unpaired) electrons. The van der Waals surface area contributed by atoms with Crippen LogP contribution in [-0.2, 0) is 16.0 Å². The highest BCUT2D eigenvalue weighted by Gasteiger charge is 2.34. The maximum Gasteiger partial charge on any atom is 0.410 e. The summed E-state index contributed by atoms with van der Waals surface area (Å²) in [6.07, 6.45) is 7.19. The van der Waals surface area contributed by atoms with Crippen LogP contribution in [0.5, 0.6) is 0 Å². The number of piperidine rings is 1. The SMILES string of the molecule is C[C@@H]1[C@H](NC(=O)CCc2cnccn2)CCCN1C(=O)OC(C)(C)C. The number of nitrogens with one attached hydrogen (secondary N) is 1. The number of nitrogens with zero attached hydrogens (tertiary/aromatic N) is 3. The summed E-state index contributed by atoms with van der Waals surface area (Å²) in [5, 5.41) is 3.05. The van der Waals surface area contributed by atoms with E-state index in [2.05, 4.69) is 15.3 Å². The van der Waals surface area contributed by atoms with E-state index < -0.39 is 5.60 Å². The van der Waals surface area contributed by atoms with Gasteiger partial charge in [-0.15, -0.1) is 0 Å². The fourth-order valence-corrected chi connectivity index (χ4v) is 2.89. The van der Waals surface area contributed by atoms with Gasteiger partial charge in [-0.25, -0.2) is 4.79 Å². The van der Waals surface area contributed by atoms with Gasteiger partial charge in [0.25, 0.3) is 0 Å². The van der Waals surface area contributed by atoms with Crippen LogP contribution < -0.4 is 5.32 Å². The average Bonchev–Trinajstić information content (AvgIpc) is 2.54. The number of amides is 2. The molecular weight excluding hydrogens is 320 g/mol. The fourth-order valence-electron chi connectivity index (χ4n) is 2.89. The van der Waals surface area contributed by atoms with Crippen LogP contribution in [0.3, 0.4) is 0 Å². The first kappa shape index (κ1) is 19.1. The Labute approximate surface area is 149 Å². The molecule has 0 spiro atoms. The lowest BCUT2D eigenvalue weighted by molar-refractivity contribution is -0.122. The van der Waals surface area contributed by atoms with Gasteiger partial charge in [-0.1, -0.05) is 0 Å². The van der Waals surface area contributed by atoms with Crippen molar-refractivity contribution in [1.29, 1.82) is 0 Å². The van der Waals surface area contributed by atoms with Crippen LogP contribution >= 0.6 is 0 Å². The first-order chi connectivity index (χ1) is 11.8. The minimum atomic E-state index is -0.524. The van der Waals surface area contributed by atoms with E-state index in [1.807, 2.05) is 27.7 Å². The number of carbonyl (C=O) groups excluding carboxylic acids is 2. The third-order valence-electron chi connectivity index (χ3n) is 4.19. The summed E-state index contributed by atoms with van der Waals surface area (Å²) in [6.45, 7) is 8.17. The number of hydrogen-bond acceptors (Lipinski definition) is 5. The Morgan fingerprint density at radius 1 is 1.36 bits per heavy atom. The summed E-state index contributed by atoms with van der Waals surface area (Å²) in [7, 11) is 0. The minimum Gasteiger partial charge on any atom is -0.444 e. The molecular formula is C18H28N4O3. The Hall–Kier alpha value is -2.18. The predicted octanol–water partition coefficient (Wildman–Crippen LogP) is 2.31. The largest absolute Gasteiger partial charge is 0.444 e. The lowest BCUT2D eigenvalue weighted by atomic mass is 9.97. The second-order valence-electron chi connectivity index (χ2n) is 7.43. The molecule has 0 unspecified atom stereocenters. The van der Waals surface area contributed by atoms with Crippen molar-refractivity contribution in [3.8, 4) is 0 Å². The molecule has 7 nitrogen and oxygen atoms in total. The second-order valence-corrected chi connectivity index (χ2v) is 7.43. The smallest absolute Gasteiger partial charge is 0.410 e. The van der Waals surface area contributed by atoms with Gasteiger partial charge in [0.15, 0.2) is 0 Å². The molecule has 2 atom stereocenters. The third kappa shape index (κ3) is 5.99. The predicted molar refractivity (Wildman–Crippen MR) is 93.9 cm³/mol. The maximum absolute atomic E-state index is 12.3. The van der Waals surface area contributed by atoms with E-state index in [1.54, 1.807) is 23.5 Å². The van der Waals surface area contributed by atoms with Gasteiger partial charge in [0.2, 0.25) is 5.91 Å². The standard InChI is InChI=1S/C18H28N4O3/c1-13-15(6-5-11-22(13)17(24)25-18(2,3)4)21-16(23)8-7-14-12-19-9-10-20-14/h9-10,12-13,15H,5-8,11H2,1-4H3,(H,21,23)/t13-,15-/m1/s1. The Morgan fingerprint density at radius 2 is 2.12 bits per heavy atom. The molecule has 1 aliphatic rings. The van der Waals surface area contributed by atoms with Crippen LogP contribution in [0.4, 0.5) is 4.79 Å². The Balaban J connectivity index is 1.86. The van der Waals surface area contributed by atoms with Gasteiger partial charge in [-0.2, -0.15) is 0 Å². The highest BCUT2D eigenvalue weighted by molar-refractivity contribution is 5.76. The number of hydrogen-bond donors (Lipinski definition) is 1.